The van der Waals surface area contributed by atoms with E-state index in [4.69, 9.17) is 16.3 Å². The van der Waals surface area contributed by atoms with Crippen molar-refractivity contribution in [2.75, 3.05) is 27.2 Å². The highest BCUT2D eigenvalue weighted by Crippen LogP contribution is 2.41. The van der Waals surface area contributed by atoms with E-state index in [2.05, 4.69) is 38.2 Å². The largest absolute Gasteiger partial charge is 0.487 e. The summed E-state index contributed by atoms with van der Waals surface area (Å²) in [4.78, 5) is 2.18. The molecule has 0 spiro atoms. The summed E-state index contributed by atoms with van der Waals surface area (Å²) < 4.78 is 6.17. The Hall–Kier alpha value is -0.770. The number of fused-ring (bicyclic) bond motifs is 1. The van der Waals surface area contributed by atoms with E-state index in [1.807, 2.05) is 18.2 Å². The average molecular weight is 297 g/mol. The van der Waals surface area contributed by atoms with Crippen molar-refractivity contribution in [1.82, 2.24) is 10.2 Å². The lowest BCUT2D eigenvalue weighted by Gasteiger charge is -2.40. The van der Waals surface area contributed by atoms with Gasteiger partial charge in [0, 0.05) is 36.1 Å². The van der Waals surface area contributed by atoms with Crippen molar-refractivity contribution in [1.29, 1.82) is 0 Å². The lowest BCUT2D eigenvalue weighted by Crippen LogP contribution is -2.42. The number of hydrogen-bond acceptors (Lipinski definition) is 3. The minimum absolute atomic E-state index is 0.101. The molecule has 0 bridgehead atoms. The summed E-state index contributed by atoms with van der Waals surface area (Å²) in [5.41, 5.74) is 1.08. The maximum absolute atomic E-state index is 6.17. The number of halogens is 1. The zero-order valence-corrected chi connectivity index (χ0v) is 13.6. The van der Waals surface area contributed by atoms with Crippen LogP contribution in [-0.2, 0) is 0 Å². The molecule has 0 fully saturated rings. The number of benzene rings is 1. The molecule has 112 valence electrons. The zero-order valence-electron chi connectivity index (χ0n) is 12.9. The van der Waals surface area contributed by atoms with Gasteiger partial charge in [0.15, 0.2) is 0 Å². The fourth-order valence-electron chi connectivity index (χ4n) is 2.59. The first-order valence-electron chi connectivity index (χ1n) is 7.30. The van der Waals surface area contributed by atoms with Crippen LogP contribution in [0.2, 0.25) is 5.02 Å². The number of nitrogens with zero attached hydrogens (tertiary/aromatic N) is 1. The molecule has 2 unspecified atom stereocenters. The van der Waals surface area contributed by atoms with Crippen molar-refractivity contribution in [3.05, 3.63) is 28.8 Å². The minimum Gasteiger partial charge on any atom is -0.487 e. The van der Waals surface area contributed by atoms with Gasteiger partial charge in [0.25, 0.3) is 0 Å². The third-order valence-corrected chi connectivity index (χ3v) is 4.27. The van der Waals surface area contributed by atoms with Gasteiger partial charge in [0.05, 0.1) is 0 Å². The lowest BCUT2D eigenvalue weighted by atomic mass is 9.86. The monoisotopic (exact) mass is 296 g/mol. The molecule has 0 amide bonds. The Kier molecular flexibility index (Phi) is 4.95. The zero-order chi connectivity index (χ0) is 14.8. The van der Waals surface area contributed by atoms with Crippen LogP contribution < -0.4 is 10.1 Å². The topological polar surface area (TPSA) is 24.5 Å². The number of hydrogen-bond donors (Lipinski definition) is 1. The second-order valence-corrected chi connectivity index (χ2v) is 6.54. The first-order valence-corrected chi connectivity index (χ1v) is 7.68. The van der Waals surface area contributed by atoms with E-state index in [-0.39, 0.29) is 5.60 Å². The molecule has 0 saturated heterocycles. The van der Waals surface area contributed by atoms with Crippen molar-refractivity contribution >= 4 is 11.6 Å². The Morgan fingerprint density at radius 1 is 1.45 bits per heavy atom. The molecule has 0 aliphatic carbocycles. The summed E-state index contributed by atoms with van der Waals surface area (Å²) >= 11 is 6.14. The third-order valence-electron chi connectivity index (χ3n) is 4.04. The first kappa shape index (κ1) is 15.6. The second kappa shape index (κ2) is 6.33. The van der Waals surface area contributed by atoms with E-state index in [1.165, 1.54) is 5.56 Å². The van der Waals surface area contributed by atoms with E-state index < -0.39 is 0 Å². The molecule has 1 heterocycles. The van der Waals surface area contributed by atoms with Gasteiger partial charge in [-0.25, -0.2) is 0 Å². The highest BCUT2D eigenvalue weighted by atomic mass is 35.5. The Labute approximate surface area is 127 Å². The summed E-state index contributed by atoms with van der Waals surface area (Å²) in [6.45, 7) is 6.35. The van der Waals surface area contributed by atoms with Crippen molar-refractivity contribution < 1.29 is 4.74 Å². The highest BCUT2D eigenvalue weighted by molar-refractivity contribution is 6.30. The SMILES string of the molecule is CCC1(C)CC(NCCN(C)C)c2cc(Cl)ccc2O1. The Bertz CT molecular complexity index is 464. The molecule has 0 aromatic heterocycles. The van der Waals surface area contributed by atoms with E-state index >= 15 is 0 Å². The minimum atomic E-state index is -0.101. The molecule has 1 aliphatic heterocycles. The summed E-state index contributed by atoms with van der Waals surface area (Å²) in [6.07, 6.45) is 1.98. The fraction of sp³-hybridized carbons (Fsp3) is 0.625. The Morgan fingerprint density at radius 3 is 2.85 bits per heavy atom. The summed E-state index contributed by atoms with van der Waals surface area (Å²) in [5.74, 6) is 0.965. The number of ether oxygens (including phenoxy) is 1. The molecule has 3 nitrogen and oxygen atoms in total. The highest BCUT2D eigenvalue weighted by Gasteiger charge is 2.35. The molecule has 1 N–H and O–H groups in total. The van der Waals surface area contributed by atoms with Gasteiger partial charge in [-0.05, 0) is 45.6 Å². The van der Waals surface area contributed by atoms with Crippen LogP contribution in [0.4, 0.5) is 0 Å². The van der Waals surface area contributed by atoms with Crippen molar-refractivity contribution in [2.45, 2.75) is 38.3 Å². The molecule has 20 heavy (non-hydrogen) atoms. The summed E-state index contributed by atoms with van der Waals surface area (Å²) in [7, 11) is 4.18. The molecule has 0 saturated carbocycles. The quantitative estimate of drug-likeness (QED) is 0.900. The van der Waals surface area contributed by atoms with E-state index in [0.717, 1.165) is 36.7 Å². The molecular weight excluding hydrogens is 272 g/mol. The van der Waals surface area contributed by atoms with Gasteiger partial charge in [-0.15, -0.1) is 0 Å². The van der Waals surface area contributed by atoms with Crippen molar-refractivity contribution in [2.24, 2.45) is 0 Å². The van der Waals surface area contributed by atoms with Gasteiger partial charge >= 0.3 is 0 Å². The maximum Gasteiger partial charge on any atom is 0.125 e. The maximum atomic E-state index is 6.17. The Morgan fingerprint density at radius 2 is 2.20 bits per heavy atom. The predicted molar refractivity (Wildman–Crippen MR) is 84.7 cm³/mol. The normalized spacial score (nSPS) is 25.4. The summed E-state index contributed by atoms with van der Waals surface area (Å²) in [5, 5.41) is 4.42. The van der Waals surface area contributed by atoms with Crippen LogP contribution in [0.3, 0.4) is 0 Å². The van der Waals surface area contributed by atoms with Crippen LogP contribution in [0.5, 0.6) is 5.75 Å². The van der Waals surface area contributed by atoms with E-state index in [0.29, 0.717) is 6.04 Å². The lowest BCUT2D eigenvalue weighted by molar-refractivity contribution is 0.0440. The standard InChI is InChI=1S/C16H25ClN2O/c1-5-16(2)11-14(18-8-9-19(3)4)13-10-12(17)6-7-15(13)20-16/h6-7,10,14,18H,5,8-9,11H2,1-4H3. The fourth-order valence-corrected chi connectivity index (χ4v) is 2.78. The molecular formula is C16H25ClN2O. The number of likely N-dealkylation sites (N-methyl/N-ethyl adjacent to an activating group) is 1. The van der Waals surface area contributed by atoms with Crippen LogP contribution in [0.15, 0.2) is 18.2 Å². The molecule has 4 heteroatoms. The van der Waals surface area contributed by atoms with Crippen LogP contribution in [0.1, 0.15) is 38.3 Å². The van der Waals surface area contributed by atoms with Crippen LogP contribution in [0.25, 0.3) is 0 Å². The van der Waals surface area contributed by atoms with Gasteiger partial charge in [-0.3, -0.25) is 0 Å². The second-order valence-electron chi connectivity index (χ2n) is 6.10. The van der Waals surface area contributed by atoms with Gasteiger partial charge < -0.3 is 15.0 Å². The van der Waals surface area contributed by atoms with Gasteiger partial charge in [-0.2, -0.15) is 0 Å². The number of rotatable bonds is 5. The van der Waals surface area contributed by atoms with Crippen molar-refractivity contribution in [3.8, 4) is 5.75 Å². The van der Waals surface area contributed by atoms with Gasteiger partial charge in [0.2, 0.25) is 0 Å². The van der Waals surface area contributed by atoms with E-state index in [1.54, 1.807) is 0 Å². The van der Waals surface area contributed by atoms with Gasteiger partial charge in [-0.1, -0.05) is 18.5 Å². The molecule has 2 rings (SSSR count). The first-order chi connectivity index (χ1) is 9.43. The average Bonchev–Trinajstić information content (AvgIpc) is 2.39. The molecule has 1 aromatic rings. The molecule has 0 radical (unpaired) electrons. The van der Waals surface area contributed by atoms with Gasteiger partial charge in [0.1, 0.15) is 11.4 Å². The van der Waals surface area contributed by atoms with Crippen LogP contribution in [-0.4, -0.2) is 37.7 Å². The van der Waals surface area contributed by atoms with Crippen molar-refractivity contribution in [3.63, 3.8) is 0 Å². The van der Waals surface area contributed by atoms with E-state index in [9.17, 15) is 0 Å². The smallest absolute Gasteiger partial charge is 0.125 e. The van der Waals surface area contributed by atoms with Crippen LogP contribution in [0, 0.1) is 0 Å². The third kappa shape index (κ3) is 3.66. The number of nitrogens with one attached hydrogen (secondary N) is 1. The predicted octanol–water partition coefficient (Wildman–Crippen LogP) is 3.48. The summed E-state index contributed by atoms with van der Waals surface area (Å²) in [6, 6.07) is 6.23. The molecule has 1 aliphatic rings. The Balaban J connectivity index is 2.19. The molecule has 2 atom stereocenters. The molecule has 1 aromatic carbocycles. The van der Waals surface area contributed by atoms with Crippen LogP contribution >= 0.6 is 11.6 Å².